The predicted octanol–water partition coefficient (Wildman–Crippen LogP) is 4.21. The summed E-state index contributed by atoms with van der Waals surface area (Å²) in [5, 5.41) is 18.6. The molecule has 0 saturated heterocycles. The molecule has 22 heavy (non-hydrogen) atoms. The van der Waals surface area contributed by atoms with E-state index < -0.39 is 0 Å². The minimum absolute atomic E-state index is 0.0767. The molecule has 0 radical (unpaired) electrons. The van der Waals surface area contributed by atoms with Crippen LogP contribution in [0.2, 0.25) is 0 Å². The number of hydrogen-bond acceptors (Lipinski definition) is 5. The van der Waals surface area contributed by atoms with Crippen molar-refractivity contribution in [3.8, 4) is 5.88 Å². The fourth-order valence-corrected chi connectivity index (χ4v) is 3.33. The summed E-state index contributed by atoms with van der Waals surface area (Å²) >= 11 is 6.79. The Morgan fingerprint density at radius 2 is 1.95 bits per heavy atom. The van der Waals surface area contributed by atoms with Gasteiger partial charge in [0.15, 0.2) is 5.69 Å². The smallest absolute Gasteiger partial charge is 0.252 e. The first-order valence-corrected chi connectivity index (χ1v) is 7.72. The summed E-state index contributed by atoms with van der Waals surface area (Å²) in [6, 6.07) is 5.01. The molecule has 0 aliphatic carbocycles. The van der Waals surface area contributed by atoms with Crippen molar-refractivity contribution in [2.45, 2.75) is 6.92 Å². The minimum Gasteiger partial charge on any atom is -0.493 e. The second kappa shape index (κ2) is 5.65. The maximum Gasteiger partial charge on any atom is 0.252 e. The number of aromatic hydroxyl groups is 1. The van der Waals surface area contributed by atoms with Gasteiger partial charge in [0.2, 0.25) is 11.8 Å². The van der Waals surface area contributed by atoms with Gasteiger partial charge in [0, 0.05) is 26.1 Å². The molecule has 7 nitrogen and oxygen atoms in total. The number of nitrogens with zero attached hydrogens (tertiary/aromatic N) is 3. The molecule has 112 valence electrons. The van der Waals surface area contributed by atoms with Crippen LogP contribution in [0, 0.1) is 6.92 Å². The molecule has 3 N–H and O–H groups in total. The summed E-state index contributed by atoms with van der Waals surface area (Å²) in [6.45, 7) is 1.69. The molecule has 2 aromatic heterocycles. The van der Waals surface area contributed by atoms with Crippen LogP contribution in [0.3, 0.4) is 0 Å². The number of H-pyrrole nitrogens is 2. The van der Waals surface area contributed by atoms with Crippen molar-refractivity contribution in [1.29, 1.82) is 0 Å². The van der Waals surface area contributed by atoms with Crippen LogP contribution in [0.5, 0.6) is 5.88 Å². The Balaban J connectivity index is 2.12. The molecular formula is C13H9Br2N5O2. The number of aryl methyl sites for hydroxylation is 1. The second-order valence-electron chi connectivity index (χ2n) is 4.54. The van der Waals surface area contributed by atoms with E-state index in [0.29, 0.717) is 16.6 Å². The van der Waals surface area contributed by atoms with Crippen molar-refractivity contribution in [1.82, 2.24) is 15.0 Å². The zero-order valence-electron chi connectivity index (χ0n) is 11.2. The summed E-state index contributed by atoms with van der Waals surface area (Å²) in [7, 11) is 0. The number of aromatic amines is 2. The number of azo groups is 1. The lowest BCUT2D eigenvalue weighted by atomic mass is 10.2. The number of nitrogens with one attached hydrogen (secondary N) is 2. The molecule has 9 heteroatoms. The molecule has 0 fully saturated rings. The van der Waals surface area contributed by atoms with Gasteiger partial charge in [-0.15, -0.1) is 10.2 Å². The van der Waals surface area contributed by atoms with Crippen molar-refractivity contribution in [2.75, 3.05) is 0 Å². The van der Waals surface area contributed by atoms with E-state index in [4.69, 9.17) is 0 Å². The lowest BCUT2D eigenvalue weighted by molar-refractivity contribution is 0.459. The molecule has 0 aliphatic rings. The predicted molar refractivity (Wildman–Crippen MR) is 89.1 cm³/mol. The van der Waals surface area contributed by atoms with Crippen molar-refractivity contribution < 1.29 is 5.11 Å². The Morgan fingerprint density at radius 3 is 2.68 bits per heavy atom. The monoisotopic (exact) mass is 425 g/mol. The third-order valence-corrected chi connectivity index (χ3v) is 3.96. The molecule has 1 aromatic carbocycles. The molecular weight excluding hydrogens is 418 g/mol. The maximum atomic E-state index is 11.4. The maximum absolute atomic E-state index is 11.4. The Hall–Kier alpha value is -2.00. The minimum atomic E-state index is -0.310. The lowest BCUT2D eigenvalue weighted by Gasteiger charge is -1.97. The van der Waals surface area contributed by atoms with E-state index in [-0.39, 0.29) is 23.1 Å². The Morgan fingerprint density at radius 1 is 1.18 bits per heavy atom. The van der Waals surface area contributed by atoms with E-state index in [1.807, 2.05) is 6.07 Å². The Kier molecular flexibility index (Phi) is 3.83. The molecule has 2 heterocycles. The van der Waals surface area contributed by atoms with Crippen molar-refractivity contribution >= 4 is 54.4 Å². The third kappa shape index (κ3) is 2.81. The topological polar surface area (TPSA) is 106 Å². The van der Waals surface area contributed by atoms with Gasteiger partial charge in [0.25, 0.3) is 5.56 Å². The summed E-state index contributed by atoms with van der Waals surface area (Å²) in [5.41, 5.74) is 1.18. The number of fused-ring (bicyclic) bond motifs is 1. The first-order valence-electron chi connectivity index (χ1n) is 6.13. The molecule has 0 spiro atoms. The Labute approximate surface area is 140 Å². The fourth-order valence-electron chi connectivity index (χ4n) is 2.00. The van der Waals surface area contributed by atoms with Crippen molar-refractivity contribution in [2.24, 2.45) is 10.2 Å². The van der Waals surface area contributed by atoms with Gasteiger partial charge < -0.3 is 10.1 Å². The molecule has 0 amide bonds. The molecule has 3 aromatic rings. The highest BCUT2D eigenvalue weighted by atomic mass is 79.9. The lowest BCUT2D eigenvalue weighted by Crippen LogP contribution is -2.05. The first kappa shape index (κ1) is 14.9. The highest BCUT2D eigenvalue weighted by molar-refractivity contribution is 9.11. The SMILES string of the molecule is Cc1cc(=O)[nH]c(N=Nc2c(O)[nH]c3c(Br)cc(Br)cc23)n1. The molecule has 0 unspecified atom stereocenters. The van der Waals surface area contributed by atoms with Crippen LogP contribution in [0.25, 0.3) is 10.9 Å². The number of halogens is 2. The summed E-state index contributed by atoms with van der Waals surface area (Å²) in [4.78, 5) is 20.7. The van der Waals surface area contributed by atoms with Crippen LogP contribution in [-0.2, 0) is 0 Å². The van der Waals surface area contributed by atoms with Crippen LogP contribution >= 0.6 is 31.9 Å². The van der Waals surface area contributed by atoms with Crippen molar-refractivity contribution in [3.05, 3.63) is 43.2 Å². The standard InChI is InChI=1S/C13H9Br2N5O2/c1-5-2-9(21)17-13(16-5)20-19-11-7-3-6(14)4-8(15)10(7)18-12(11)22/h2-4,18,22H,1H3,(H,16,17,21). The molecule has 0 atom stereocenters. The van der Waals surface area contributed by atoms with Crippen LogP contribution in [0.1, 0.15) is 5.69 Å². The fraction of sp³-hybridized carbons (Fsp3) is 0.0769. The number of benzene rings is 1. The van der Waals surface area contributed by atoms with Gasteiger partial charge >= 0.3 is 0 Å². The molecule has 0 aliphatic heterocycles. The normalized spacial score (nSPS) is 11.6. The summed E-state index contributed by atoms with van der Waals surface area (Å²) in [6.07, 6.45) is 0. The quantitative estimate of drug-likeness (QED) is 0.534. The van der Waals surface area contributed by atoms with Crippen LogP contribution in [0.4, 0.5) is 11.6 Å². The van der Waals surface area contributed by atoms with Gasteiger partial charge in [-0.05, 0) is 35.0 Å². The zero-order valence-corrected chi connectivity index (χ0v) is 14.4. The number of hydrogen-bond donors (Lipinski definition) is 3. The third-order valence-electron chi connectivity index (χ3n) is 2.88. The summed E-state index contributed by atoms with van der Waals surface area (Å²) in [5.74, 6) is -0.0413. The first-order chi connectivity index (χ1) is 10.4. The van der Waals surface area contributed by atoms with E-state index in [1.54, 1.807) is 13.0 Å². The van der Waals surface area contributed by atoms with Gasteiger partial charge in [-0.3, -0.25) is 9.78 Å². The average molecular weight is 427 g/mol. The molecule has 3 rings (SSSR count). The Bertz CT molecular complexity index is 961. The van der Waals surface area contributed by atoms with E-state index in [2.05, 4.69) is 57.0 Å². The highest BCUT2D eigenvalue weighted by Gasteiger charge is 2.13. The van der Waals surface area contributed by atoms with Crippen LogP contribution in [-0.4, -0.2) is 20.1 Å². The van der Waals surface area contributed by atoms with Gasteiger partial charge in [-0.1, -0.05) is 15.9 Å². The van der Waals surface area contributed by atoms with Crippen molar-refractivity contribution in [3.63, 3.8) is 0 Å². The number of rotatable bonds is 2. The van der Waals surface area contributed by atoms with Gasteiger partial charge in [-0.25, -0.2) is 4.98 Å². The van der Waals surface area contributed by atoms with E-state index in [9.17, 15) is 9.90 Å². The largest absolute Gasteiger partial charge is 0.493 e. The van der Waals surface area contributed by atoms with Gasteiger partial charge in [0.1, 0.15) is 0 Å². The molecule has 0 bridgehead atoms. The molecule has 0 saturated carbocycles. The van der Waals surface area contributed by atoms with Gasteiger partial charge in [-0.2, -0.15) is 0 Å². The number of aromatic nitrogens is 3. The van der Waals surface area contributed by atoms with E-state index in [1.165, 1.54) is 6.07 Å². The van der Waals surface area contributed by atoms with E-state index >= 15 is 0 Å². The van der Waals surface area contributed by atoms with Gasteiger partial charge in [0.05, 0.1) is 5.52 Å². The second-order valence-corrected chi connectivity index (χ2v) is 6.31. The average Bonchev–Trinajstić information content (AvgIpc) is 2.72. The highest BCUT2D eigenvalue weighted by Crippen LogP contribution is 2.40. The van der Waals surface area contributed by atoms with E-state index in [0.717, 1.165) is 8.95 Å². The summed E-state index contributed by atoms with van der Waals surface area (Å²) < 4.78 is 1.60. The zero-order chi connectivity index (χ0) is 15.9. The van der Waals surface area contributed by atoms with Crippen LogP contribution < -0.4 is 5.56 Å². The van der Waals surface area contributed by atoms with Crippen LogP contribution in [0.15, 0.2) is 42.2 Å².